The average Bonchev–Trinajstić information content (AvgIpc) is 2.67. The van der Waals surface area contributed by atoms with Gasteiger partial charge in [0, 0.05) is 28.4 Å². The number of rotatable bonds is 7. The van der Waals surface area contributed by atoms with Crippen molar-refractivity contribution < 1.29 is 4.79 Å². The molecule has 0 aliphatic rings. The summed E-state index contributed by atoms with van der Waals surface area (Å²) in [5.41, 5.74) is 1.50. The van der Waals surface area contributed by atoms with Gasteiger partial charge in [-0.3, -0.25) is 9.78 Å². The molecular formula is C18H17IN6O. The molecule has 1 amide bonds. The minimum absolute atomic E-state index is 0.0904. The van der Waals surface area contributed by atoms with Gasteiger partial charge in [-0.05, 0) is 65.1 Å². The van der Waals surface area contributed by atoms with E-state index in [0.717, 1.165) is 9.26 Å². The smallest absolute Gasteiger partial charge is 0.251 e. The fraction of sp³-hybridized carbons (Fsp3) is 0.111. The molecule has 0 aliphatic heterocycles. The Bertz CT molecular complexity index is 857. The van der Waals surface area contributed by atoms with Crippen molar-refractivity contribution in [2.24, 2.45) is 0 Å². The van der Waals surface area contributed by atoms with E-state index in [4.69, 9.17) is 0 Å². The van der Waals surface area contributed by atoms with Gasteiger partial charge < -0.3 is 16.0 Å². The lowest BCUT2D eigenvalue weighted by Crippen LogP contribution is -2.28. The van der Waals surface area contributed by atoms with Crippen LogP contribution in [0.15, 0.2) is 60.9 Å². The van der Waals surface area contributed by atoms with Crippen LogP contribution in [0.1, 0.15) is 10.4 Å². The number of halogens is 1. The molecule has 0 saturated heterocycles. The van der Waals surface area contributed by atoms with Crippen LogP contribution in [-0.4, -0.2) is 34.2 Å². The molecule has 0 fully saturated rings. The average molecular weight is 460 g/mol. The third-order valence-electron chi connectivity index (χ3n) is 3.40. The number of aromatic nitrogens is 3. The molecule has 8 heteroatoms. The zero-order valence-electron chi connectivity index (χ0n) is 13.8. The van der Waals surface area contributed by atoms with Crippen LogP contribution in [0.2, 0.25) is 0 Å². The summed E-state index contributed by atoms with van der Waals surface area (Å²) in [6, 6.07) is 14.9. The van der Waals surface area contributed by atoms with Crippen molar-refractivity contribution in [3.63, 3.8) is 0 Å². The van der Waals surface area contributed by atoms with E-state index >= 15 is 0 Å². The molecule has 0 bridgehead atoms. The lowest BCUT2D eigenvalue weighted by atomic mass is 10.2. The first-order chi connectivity index (χ1) is 12.7. The third kappa shape index (κ3) is 5.38. The molecule has 0 radical (unpaired) electrons. The number of nitrogens with one attached hydrogen (secondary N) is 3. The van der Waals surface area contributed by atoms with Crippen molar-refractivity contribution in [2.75, 3.05) is 23.7 Å². The maximum absolute atomic E-state index is 12.0. The van der Waals surface area contributed by atoms with Gasteiger partial charge in [-0.15, -0.1) is 10.2 Å². The van der Waals surface area contributed by atoms with Crippen LogP contribution in [0.25, 0.3) is 0 Å². The Kier molecular flexibility index (Phi) is 6.31. The molecule has 2 aromatic heterocycles. The summed E-state index contributed by atoms with van der Waals surface area (Å²) < 4.78 is 1.03. The number of nitrogens with zero attached hydrogens (tertiary/aromatic N) is 3. The summed E-state index contributed by atoms with van der Waals surface area (Å²) in [6.45, 7) is 1.04. The van der Waals surface area contributed by atoms with Gasteiger partial charge >= 0.3 is 0 Å². The molecule has 132 valence electrons. The monoisotopic (exact) mass is 460 g/mol. The topological polar surface area (TPSA) is 91.8 Å². The number of pyridine rings is 1. The van der Waals surface area contributed by atoms with Crippen molar-refractivity contribution in [3.05, 3.63) is 70.1 Å². The van der Waals surface area contributed by atoms with Crippen LogP contribution in [0, 0.1) is 3.57 Å². The summed E-state index contributed by atoms with van der Waals surface area (Å²) >= 11 is 2.18. The largest absolute Gasteiger partial charge is 0.367 e. The highest BCUT2D eigenvalue weighted by Gasteiger charge is 2.05. The van der Waals surface area contributed by atoms with Gasteiger partial charge in [0.15, 0.2) is 5.82 Å². The molecule has 0 aliphatic carbocycles. The van der Waals surface area contributed by atoms with Crippen molar-refractivity contribution in [1.29, 1.82) is 0 Å². The quantitative estimate of drug-likeness (QED) is 0.371. The predicted molar refractivity (Wildman–Crippen MR) is 110 cm³/mol. The van der Waals surface area contributed by atoms with Crippen LogP contribution < -0.4 is 16.0 Å². The fourth-order valence-electron chi connectivity index (χ4n) is 2.18. The van der Waals surface area contributed by atoms with Gasteiger partial charge in [0.05, 0.1) is 11.9 Å². The Morgan fingerprint density at radius 3 is 2.58 bits per heavy atom. The highest BCUT2D eigenvalue weighted by atomic mass is 127. The standard InChI is InChI=1S/C18H17IN6O/c19-14-4-1-3-13(11-14)18(26)22-10-9-21-16-6-7-17(25-24-16)23-15-5-2-8-20-12-15/h1-8,11-12H,9-10H2,(H,21,24)(H,22,26)(H,23,25). The van der Waals surface area contributed by atoms with Gasteiger partial charge in [0.1, 0.15) is 5.82 Å². The van der Waals surface area contributed by atoms with E-state index in [1.54, 1.807) is 18.5 Å². The number of carbonyl (C=O) groups excluding carboxylic acids is 1. The van der Waals surface area contributed by atoms with E-state index in [0.29, 0.717) is 30.3 Å². The van der Waals surface area contributed by atoms with E-state index in [-0.39, 0.29) is 5.91 Å². The zero-order chi connectivity index (χ0) is 18.2. The SMILES string of the molecule is O=C(NCCNc1ccc(Nc2cccnc2)nn1)c1cccc(I)c1. The summed E-state index contributed by atoms with van der Waals surface area (Å²) in [4.78, 5) is 16.1. The first-order valence-electron chi connectivity index (χ1n) is 7.99. The lowest BCUT2D eigenvalue weighted by molar-refractivity contribution is 0.0955. The van der Waals surface area contributed by atoms with Crippen molar-refractivity contribution in [2.45, 2.75) is 0 Å². The minimum Gasteiger partial charge on any atom is -0.367 e. The van der Waals surface area contributed by atoms with Crippen LogP contribution in [0.3, 0.4) is 0 Å². The van der Waals surface area contributed by atoms with Gasteiger partial charge in [0.2, 0.25) is 0 Å². The zero-order valence-corrected chi connectivity index (χ0v) is 16.0. The normalized spacial score (nSPS) is 10.2. The third-order valence-corrected chi connectivity index (χ3v) is 4.07. The molecule has 3 rings (SSSR count). The van der Waals surface area contributed by atoms with Crippen LogP contribution in [0.5, 0.6) is 0 Å². The van der Waals surface area contributed by atoms with Crippen LogP contribution in [0.4, 0.5) is 17.3 Å². The number of hydrogen-bond acceptors (Lipinski definition) is 6. The Hall–Kier alpha value is -2.75. The summed E-state index contributed by atoms with van der Waals surface area (Å²) in [6.07, 6.45) is 3.42. The summed E-state index contributed by atoms with van der Waals surface area (Å²) in [5, 5.41) is 17.3. The van der Waals surface area contributed by atoms with Gasteiger partial charge in [0.25, 0.3) is 5.91 Å². The van der Waals surface area contributed by atoms with Crippen molar-refractivity contribution in [3.8, 4) is 0 Å². The predicted octanol–water partition coefficient (Wildman–Crippen LogP) is 3.06. The maximum atomic E-state index is 12.0. The molecule has 2 heterocycles. The molecule has 7 nitrogen and oxygen atoms in total. The molecule has 0 spiro atoms. The van der Waals surface area contributed by atoms with E-state index < -0.39 is 0 Å². The van der Waals surface area contributed by atoms with Crippen molar-refractivity contribution >= 4 is 45.8 Å². The van der Waals surface area contributed by atoms with Gasteiger partial charge in [-0.2, -0.15) is 0 Å². The first-order valence-corrected chi connectivity index (χ1v) is 9.07. The van der Waals surface area contributed by atoms with Gasteiger partial charge in [-0.25, -0.2) is 0 Å². The Labute approximate surface area is 164 Å². The number of anilines is 3. The molecule has 3 aromatic rings. The summed E-state index contributed by atoms with van der Waals surface area (Å²) in [5.74, 6) is 1.19. The molecular weight excluding hydrogens is 443 g/mol. The number of amides is 1. The molecule has 0 saturated carbocycles. The fourth-order valence-corrected chi connectivity index (χ4v) is 2.72. The molecule has 3 N–H and O–H groups in total. The summed E-state index contributed by atoms with van der Waals surface area (Å²) in [7, 11) is 0. The maximum Gasteiger partial charge on any atom is 0.251 e. The Balaban J connectivity index is 1.43. The Morgan fingerprint density at radius 2 is 1.85 bits per heavy atom. The molecule has 1 aromatic carbocycles. The minimum atomic E-state index is -0.0904. The van der Waals surface area contributed by atoms with E-state index in [9.17, 15) is 4.79 Å². The van der Waals surface area contributed by atoms with E-state index in [1.165, 1.54) is 0 Å². The second-order valence-corrected chi connectivity index (χ2v) is 6.61. The molecule has 26 heavy (non-hydrogen) atoms. The number of benzene rings is 1. The van der Waals surface area contributed by atoms with Gasteiger partial charge in [-0.1, -0.05) is 6.07 Å². The first kappa shape index (κ1) is 18.1. The van der Waals surface area contributed by atoms with E-state index in [2.05, 4.69) is 53.7 Å². The molecule has 0 atom stereocenters. The number of hydrogen-bond donors (Lipinski definition) is 3. The van der Waals surface area contributed by atoms with E-state index in [1.807, 2.05) is 42.5 Å². The lowest BCUT2D eigenvalue weighted by Gasteiger charge is -2.08. The molecule has 0 unspecified atom stereocenters. The number of carbonyl (C=O) groups is 1. The van der Waals surface area contributed by atoms with Crippen LogP contribution >= 0.6 is 22.6 Å². The Morgan fingerprint density at radius 1 is 1.00 bits per heavy atom. The highest BCUT2D eigenvalue weighted by Crippen LogP contribution is 2.12. The van der Waals surface area contributed by atoms with Crippen LogP contribution in [-0.2, 0) is 0 Å². The highest BCUT2D eigenvalue weighted by molar-refractivity contribution is 14.1. The second kappa shape index (κ2) is 9.09. The van der Waals surface area contributed by atoms with Crippen molar-refractivity contribution in [1.82, 2.24) is 20.5 Å². The second-order valence-electron chi connectivity index (χ2n) is 5.36.